The SMILES string of the molecule is CN1C=Cc2cc(C3=CC(C#N)CC=C3)cc(NC3CCN(C(=O)c4ccc(Cl)nc4)CC3)c2C1. The number of nitriles is 1. The fraction of sp³-hybridized carbons (Fsp3) is 0.321. The first-order chi connectivity index (χ1) is 17.0. The van der Waals surface area contributed by atoms with Gasteiger partial charge in [-0.1, -0.05) is 29.8 Å². The number of pyridine rings is 1. The number of rotatable bonds is 4. The molecule has 6 nitrogen and oxygen atoms in total. The molecule has 5 rings (SSSR count). The van der Waals surface area contributed by atoms with Gasteiger partial charge < -0.3 is 15.1 Å². The van der Waals surface area contributed by atoms with Gasteiger partial charge >= 0.3 is 0 Å². The minimum atomic E-state index is -0.0816. The number of anilines is 1. The summed E-state index contributed by atoms with van der Waals surface area (Å²) in [7, 11) is 2.08. The molecule has 0 radical (unpaired) electrons. The highest BCUT2D eigenvalue weighted by Crippen LogP contribution is 2.34. The van der Waals surface area contributed by atoms with Gasteiger partial charge in [0.2, 0.25) is 0 Å². The molecule has 1 N–H and O–H groups in total. The van der Waals surface area contributed by atoms with Crippen LogP contribution in [0, 0.1) is 17.2 Å². The molecule has 1 aliphatic carbocycles. The number of benzene rings is 1. The Bertz CT molecular complexity index is 1250. The average molecular weight is 486 g/mol. The summed E-state index contributed by atoms with van der Waals surface area (Å²) in [5.41, 5.74) is 6.41. The third-order valence-electron chi connectivity index (χ3n) is 6.88. The molecule has 3 aliphatic rings. The molecule has 7 heteroatoms. The third kappa shape index (κ3) is 5.11. The Balaban J connectivity index is 1.34. The van der Waals surface area contributed by atoms with Crippen LogP contribution in [0.2, 0.25) is 5.15 Å². The van der Waals surface area contributed by atoms with Crippen molar-refractivity contribution < 1.29 is 4.79 Å². The normalized spacial score (nSPS) is 19.7. The van der Waals surface area contributed by atoms with E-state index in [4.69, 9.17) is 11.6 Å². The van der Waals surface area contributed by atoms with Crippen LogP contribution < -0.4 is 5.32 Å². The summed E-state index contributed by atoms with van der Waals surface area (Å²) in [4.78, 5) is 21.0. The number of piperidine rings is 1. The molecule has 178 valence electrons. The van der Waals surface area contributed by atoms with E-state index in [1.54, 1.807) is 18.3 Å². The molecule has 3 heterocycles. The number of carbonyl (C=O) groups is 1. The van der Waals surface area contributed by atoms with Gasteiger partial charge in [0.15, 0.2) is 0 Å². The van der Waals surface area contributed by atoms with Crippen molar-refractivity contribution in [1.29, 1.82) is 5.26 Å². The molecule has 1 saturated heterocycles. The maximum Gasteiger partial charge on any atom is 0.255 e. The lowest BCUT2D eigenvalue weighted by molar-refractivity contribution is 0.0718. The van der Waals surface area contributed by atoms with Crippen molar-refractivity contribution in [1.82, 2.24) is 14.8 Å². The zero-order valence-electron chi connectivity index (χ0n) is 19.7. The highest BCUT2D eigenvalue weighted by atomic mass is 35.5. The first-order valence-electron chi connectivity index (χ1n) is 12.0. The molecule has 1 fully saturated rings. The van der Waals surface area contributed by atoms with Crippen LogP contribution >= 0.6 is 11.6 Å². The Morgan fingerprint density at radius 3 is 2.80 bits per heavy atom. The van der Waals surface area contributed by atoms with Crippen molar-refractivity contribution in [2.24, 2.45) is 5.92 Å². The number of amides is 1. The molecular formula is C28H28ClN5O. The van der Waals surface area contributed by atoms with Crippen LogP contribution in [0.3, 0.4) is 0 Å². The predicted molar refractivity (Wildman–Crippen MR) is 140 cm³/mol. The lowest BCUT2D eigenvalue weighted by Gasteiger charge is -2.34. The highest BCUT2D eigenvalue weighted by Gasteiger charge is 2.25. The van der Waals surface area contributed by atoms with Gasteiger partial charge in [-0.05, 0) is 72.5 Å². The predicted octanol–water partition coefficient (Wildman–Crippen LogP) is 5.35. The smallest absolute Gasteiger partial charge is 0.255 e. The van der Waals surface area contributed by atoms with Gasteiger partial charge in [0, 0.05) is 50.2 Å². The summed E-state index contributed by atoms with van der Waals surface area (Å²) in [5, 5.41) is 13.6. The molecular weight excluding hydrogens is 458 g/mol. The fourth-order valence-electron chi connectivity index (χ4n) is 4.92. The van der Waals surface area contributed by atoms with Crippen molar-refractivity contribution in [2.45, 2.75) is 31.8 Å². The number of nitrogens with one attached hydrogen (secondary N) is 1. The van der Waals surface area contributed by atoms with Crippen molar-refractivity contribution in [2.75, 3.05) is 25.5 Å². The van der Waals surface area contributed by atoms with Gasteiger partial charge in [0.05, 0.1) is 17.6 Å². The second kappa shape index (κ2) is 9.97. The van der Waals surface area contributed by atoms with Crippen LogP contribution in [0.5, 0.6) is 0 Å². The van der Waals surface area contributed by atoms with Crippen LogP contribution in [0.1, 0.15) is 46.3 Å². The first-order valence-corrected chi connectivity index (χ1v) is 12.4. The monoisotopic (exact) mass is 485 g/mol. The average Bonchev–Trinajstić information content (AvgIpc) is 2.89. The Morgan fingerprint density at radius 1 is 1.23 bits per heavy atom. The molecule has 1 atom stereocenters. The van der Waals surface area contributed by atoms with Crippen molar-refractivity contribution >= 4 is 34.8 Å². The van der Waals surface area contributed by atoms with E-state index in [9.17, 15) is 10.1 Å². The lowest BCUT2D eigenvalue weighted by Crippen LogP contribution is -2.42. The van der Waals surface area contributed by atoms with E-state index >= 15 is 0 Å². The van der Waals surface area contributed by atoms with Crippen LogP contribution in [-0.2, 0) is 6.54 Å². The van der Waals surface area contributed by atoms with Crippen LogP contribution in [0.15, 0.2) is 54.9 Å². The van der Waals surface area contributed by atoms with E-state index < -0.39 is 0 Å². The molecule has 2 aromatic rings. The van der Waals surface area contributed by atoms with Gasteiger partial charge in [-0.25, -0.2) is 4.98 Å². The van der Waals surface area contributed by atoms with E-state index in [1.165, 1.54) is 11.1 Å². The molecule has 1 aromatic heterocycles. The number of nitrogens with zero attached hydrogens (tertiary/aromatic N) is 4. The van der Waals surface area contributed by atoms with Gasteiger partial charge in [-0.2, -0.15) is 5.26 Å². The quantitative estimate of drug-likeness (QED) is 0.591. The van der Waals surface area contributed by atoms with Gasteiger partial charge in [-0.3, -0.25) is 4.79 Å². The largest absolute Gasteiger partial charge is 0.382 e. The van der Waals surface area contributed by atoms with Crippen LogP contribution in [0.25, 0.3) is 11.6 Å². The number of allylic oxidation sites excluding steroid dienone is 4. The number of fused-ring (bicyclic) bond motifs is 1. The summed E-state index contributed by atoms with van der Waals surface area (Å²) in [5.74, 6) is -0.0800. The Kier molecular flexibility index (Phi) is 6.61. The van der Waals surface area contributed by atoms with E-state index in [1.807, 2.05) is 4.90 Å². The molecule has 0 saturated carbocycles. The number of carbonyl (C=O) groups excluding carboxylic acids is 1. The van der Waals surface area contributed by atoms with E-state index in [2.05, 4.69) is 71.0 Å². The lowest BCUT2D eigenvalue weighted by atomic mass is 9.89. The maximum absolute atomic E-state index is 12.8. The zero-order chi connectivity index (χ0) is 24.4. The summed E-state index contributed by atoms with van der Waals surface area (Å²) in [6.45, 7) is 2.22. The molecule has 0 bridgehead atoms. The van der Waals surface area contributed by atoms with Gasteiger partial charge in [-0.15, -0.1) is 0 Å². The highest BCUT2D eigenvalue weighted by molar-refractivity contribution is 6.29. The minimum Gasteiger partial charge on any atom is -0.382 e. The molecule has 1 unspecified atom stereocenters. The van der Waals surface area contributed by atoms with Crippen LogP contribution in [-0.4, -0.2) is 46.9 Å². The number of hydrogen-bond donors (Lipinski definition) is 1. The zero-order valence-corrected chi connectivity index (χ0v) is 20.5. The number of likely N-dealkylation sites (tertiary alicyclic amines) is 1. The van der Waals surface area contributed by atoms with E-state index in [0.29, 0.717) is 23.8 Å². The summed E-state index contributed by atoms with van der Waals surface area (Å²) < 4.78 is 0. The summed E-state index contributed by atoms with van der Waals surface area (Å²) in [6.07, 6.45) is 14.6. The Hall–Kier alpha value is -3.56. The molecule has 0 spiro atoms. The second-order valence-electron chi connectivity index (χ2n) is 9.40. The Morgan fingerprint density at radius 2 is 2.06 bits per heavy atom. The summed E-state index contributed by atoms with van der Waals surface area (Å²) in [6, 6.07) is 10.5. The first kappa shape index (κ1) is 23.2. The molecule has 1 aromatic carbocycles. The minimum absolute atomic E-state index is 0.00169. The standard InChI is InChI=1S/C28H28ClN5O/c1-33-10-7-21-14-23(20-4-2-3-19(13-20)16-30)15-26(25(21)18-33)32-24-8-11-34(12-9-24)28(35)22-5-6-27(29)31-17-22/h2,4-7,10,13-15,17,19,24,32H,3,8-9,11-12,18H2,1H3. The van der Waals surface area contributed by atoms with Crippen molar-refractivity contribution in [3.63, 3.8) is 0 Å². The molecule has 2 aliphatic heterocycles. The number of hydrogen-bond acceptors (Lipinski definition) is 5. The fourth-order valence-corrected chi connectivity index (χ4v) is 5.03. The van der Waals surface area contributed by atoms with Gasteiger partial charge in [0.1, 0.15) is 5.15 Å². The Labute approximate surface area is 211 Å². The van der Waals surface area contributed by atoms with E-state index in [0.717, 1.165) is 42.6 Å². The van der Waals surface area contributed by atoms with Crippen LogP contribution in [0.4, 0.5) is 5.69 Å². The second-order valence-corrected chi connectivity index (χ2v) is 9.79. The molecule has 35 heavy (non-hydrogen) atoms. The summed E-state index contributed by atoms with van der Waals surface area (Å²) >= 11 is 5.86. The number of aromatic nitrogens is 1. The molecule has 1 amide bonds. The van der Waals surface area contributed by atoms with Crippen molar-refractivity contribution in [3.8, 4) is 6.07 Å². The topological polar surface area (TPSA) is 72.3 Å². The third-order valence-corrected chi connectivity index (χ3v) is 7.11. The van der Waals surface area contributed by atoms with Crippen molar-refractivity contribution in [3.05, 3.63) is 82.3 Å². The maximum atomic E-state index is 12.8. The number of halogens is 1. The van der Waals surface area contributed by atoms with Gasteiger partial charge in [0.25, 0.3) is 5.91 Å². The van der Waals surface area contributed by atoms with E-state index in [-0.39, 0.29) is 17.9 Å².